The molecule has 1 aliphatic rings. The van der Waals surface area contributed by atoms with Gasteiger partial charge in [0.1, 0.15) is 0 Å². The molecule has 0 aromatic heterocycles. The van der Waals surface area contributed by atoms with Gasteiger partial charge in [0.25, 0.3) is 0 Å². The standard InChI is InChI=1S/C10H12IN/c1-7-3-2-4-8-9(11)5-6-12-10(7)8/h2-4,9,12H,5-6H2,1H3. The molecule has 0 bridgehead atoms. The van der Waals surface area contributed by atoms with Crippen LogP contribution in [0.5, 0.6) is 0 Å². The topological polar surface area (TPSA) is 12.0 Å². The summed E-state index contributed by atoms with van der Waals surface area (Å²) in [5, 5.41) is 3.46. The normalized spacial score (nSPS) is 21.3. The molecule has 0 saturated heterocycles. The predicted octanol–water partition coefficient (Wildman–Crippen LogP) is 3.29. The Kier molecular flexibility index (Phi) is 2.26. The predicted molar refractivity (Wildman–Crippen MR) is 61.0 cm³/mol. The molecule has 1 nitrogen and oxygen atoms in total. The molecule has 1 aromatic rings. The Hall–Kier alpha value is -0.250. The number of anilines is 1. The molecule has 12 heavy (non-hydrogen) atoms. The molecule has 64 valence electrons. The maximum atomic E-state index is 3.46. The monoisotopic (exact) mass is 273 g/mol. The number of benzene rings is 1. The summed E-state index contributed by atoms with van der Waals surface area (Å²) in [6, 6.07) is 6.54. The van der Waals surface area contributed by atoms with E-state index in [0.717, 1.165) is 6.54 Å². The molecule has 1 N–H and O–H groups in total. The molecule has 1 unspecified atom stereocenters. The Morgan fingerprint density at radius 3 is 3.08 bits per heavy atom. The van der Waals surface area contributed by atoms with Gasteiger partial charge in [0.05, 0.1) is 0 Å². The van der Waals surface area contributed by atoms with Crippen LogP contribution in [0, 0.1) is 6.92 Å². The maximum Gasteiger partial charge on any atom is 0.0413 e. The lowest BCUT2D eigenvalue weighted by Gasteiger charge is -2.24. The Morgan fingerprint density at radius 1 is 1.50 bits per heavy atom. The number of fused-ring (bicyclic) bond motifs is 1. The van der Waals surface area contributed by atoms with Gasteiger partial charge in [-0.05, 0) is 24.5 Å². The summed E-state index contributed by atoms with van der Waals surface area (Å²) in [5.74, 6) is 0. The number of aryl methyl sites for hydroxylation is 1. The van der Waals surface area contributed by atoms with Crippen LogP contribution in [0.3, 0.4) is 0 Å². The minimum absolute atomic E-state index is 0.693. The summed E-state index contributed by atoms with van der Waals surface area (Å²) in [4.78, 5) is 0. The number of alkyl halides is 1. The summed E-state index contributed by atoms with van der Waals surface area (Å²) in [7, 11) is 0. The van der Waals surface area contributed by atoms with Gasteiger partial charge in [-0.1, -0.05) is 40.8 Å². The summed E-state index contributed by atoms with van der Waals surface area (Å²) < 4.78 is 0.693. The van der Waals surface area contributed by atoms with Crippen LogP contribution in [0.2, 0.25) is 0 Å². The highest BCUT2D eigenvalue weighted by atomic mass is 127. The fraction of sp³-hybridized carbons (Fsp3) is 0.400. The van der Waals surface area contributed by atoms with Crippen molar-refractivity contribution in [2.24, 2.45) is 0 Å². The smallest absolute Gasteiger partial charge is 0.0413 e. The maximum absolute atomic E-state index is 3.46. The number of rotatable bonds is 0. The highest BCUT2D eigenvalue weighted by molar-refractivity contribution is 14.1. The van der Waals surface area contributed by atoms with Gasteiger partial charge in [-0.15, -0.1) is 0 Å². The van der Waals surface area contributed by atoms with Crippen molar-refractivity contribution in [3.8, 4) is 0 Å². The van der Waals surface area contributed by atoms with E-state index in [1.54, 1.807) is 0 Å². The quantitative estimate of drug-likeness (QED) is 0.565. The van der Waals surface area contributed by atoms with E-state index in [0.29, 0.717) is 3.92 Å². The van der Waals surface area contributed by atoms with Gasteiger partial charge in [0.15, 0.2) is 0 Å². The summed E-state index contributed by atoms with van der Waals surface area (Å²) in [6.07, 6.45) is 1.25. The van der Waals surface area contributed by atoms with E-state index in [1.165, 1.54) is 23.2 Å². The first-order chi connectivity index (χ1) is 5.79. The largest absolute Gasteiger partial charge is 0.385 e. The van der Waals surface area contributed by atoms with Crippen molar-refractivity contribution in [3.63, 3.8) is 0 Å². The van der Waals surface area contributed by atoms with Gasteiger partial charge in [-0.2, -0.15) is 0 Å². The van der Waals surface area contributed by atoms with Gasteiger partial charge < -0.3 is 5.32 Å². The van der Waals surface area contributed by atoms with Crippen LogP contribution in [-0.4, -0.2) is 6.54 Å². The van der Waals surface area contributed by atoms with Crippen LogP contribution < -0.4 is 5.32 Å². The highest BCUT2D eigenvalue weighted by Gasteiger charge is 2.17. The lowest BCUT2D eigenvalue weighted by Crippen LogP contribution is -2.14. The number of nitrogens with one attached hydrogen (secondary N) is 1. The Balaban J connectivity index is 2.52. The molecule has 0 amide bonds. The van der Waals surface area contributed by atoms with E-state index in [2.05, 4.69) is 53.0 Å². The SMILES string of the molecule is Cc1cccc2c1NCCC2I. The zero-order valence-corrected chi connectivity index (χ0v) is 9.26. The van der Waals surface area contributed by atoms with Crippen molar-refractivity contribution in [1.82, 2.24) is 0 Å². The molecule has 2 rings (SSSR count). The first kappa shape index (κ1) is 8.35. The van der Waals surface area contributed by atoms with Crippen molar-refractivity contribution in [1.29, 1.82) is 0 Å². The molecular weight excluding hydrogens is 261 g/mol. The third kappa shape index (κ3) is 1.32. The van der Waals surface area contributed by atoms with Crippen molar-refractivity contribution < 1.29 is 0 Å². The fourth-order valence-electron chi connectivity index (χ4n) is 1.67. The molecule has 1 aliphatic heterocycles. The van der Waals surface area contributed by atoms with Crippen LogP contribution in [0.25, 0.3) is 0 Å². The second kappa shape index (κ2) is 3.24. The molecular formula is C10H12IN. The van der Waals surface area contributed by atoms with E-state index in [1.807, 2.05) is 0 Å². The van der Waals surface area contributed by atoms with Crippen LogP contribution >= 0.6 is 22.6 Å². The second-order valence-corrected chi connectivity index (χ2v) is 4.73. The minimum Gasteiger partial charge on any atom is -0.385 e. The van der Waals surface area contributed by atoms with Crippen LogP contribution in [0.4, 0.5) is 5.69 Å². The van der Waals surface area contributed by atoms with Gasteiger partial charge >= 0.3 is 0 Å². The Labute approximate surface area is 86.7 Å². The minimum atomic E-state index is 0.693. The van der Waals surface area contributed by atoms with Gasteiger partial charge in [-0.3, -0.25) is 0 Å². The number of hydrogen-bond donors (Lipinski definition) is 1. The third-order valence-corrected chi connectivity index (χ3v) is 3.64. The third-order valence-electron chi connectivity index (χ3n) is 2.34. The van der Waals surface area contributed by atoms with Crippen LogP contribution in [0.15, 0.2) is 18.2 Å². The summed E-state index contributed by atoms with van der Waals surface area (Å²) in [5.41, 5.74) is 4.21. The lowest BCUT2D eigenvalue weighted by molar-refractivity contribution is 0.832. The van der Waals surface area contributed by atoms with Crippen molar-refractivity contribution in [3.05, 3.63) is 29.3 Å². The molecule has 2 heteroatoms. The second-order valence-electron chi connectivity index (χ2n) is 3.22. The van der Waals surface area contributed by atoms with E-state index >= 15 is 0 Å². The van der Waals surface area contributed by atoms with Gasteiger partial charge in [0.2, 0.25) is 0 Å². The average Bonchev–Trinajstić information content (AvgIpc) is 2.07. The molecule has 1 aromatic carbocycles. The van der Waals surface area contributed by atoms with E-state index in [9.17, 15) is 0 Å². The van der Waals surface area contributed by atoms with Gasteiger partial charge in [-0.25, -0.2) is 0 Å². The zero-order valence-electron chi connectivity index (χ0n) is 7.10. The molecule has 0 saturated carbocycles. The molecule has 0 fully saturated rings. The summed E-state index contributed by atoms with van der Waals surface area (Å²) >= 11 is 2.52. The Morgan fingerprint density at radius 2 is 2.33 bits per heavy atom. The first-order valence-electron chi connectivity index (χ1n) is 4.26. The molecule has 0 spiro atoms. The number of halogens is 1. The molecule has 1 atom stereocenters. The van der Waals surface area contributed by atoms with E-state index in [-0.39, 0.29) is 0 Å². The zero-order chi connectivity index (χ0) is 8.55. The van der Waals surface area contributed by atoms with Crippen LogP contribution in [0.1, 0.15) is 21.5 Å². The number of para-hydroxylation sites is 1. The lowest BCUT2D eigenvalue weighted by atomic mass is 10.0. The van der Waals surface area contributed by atoms with Crippen molar-refractivity contribution in [2.45, 2.75) is 17.3 Å². The molecule has 0 aliphatic carbocycles. The molecule has 0 radical (unpaired) electrons. The highest BCUT2D eigenvalue weighted by Crippen LogP contribution is 2.37. The average molecular weight is 273 g/mol. The van der Waals surface area contributed by atoms with E-state index in [4.69, 9.17) is 0 Å². The van der Waals surface area contributed by atoms with Crippen molar-refractivity contribution >= 4 is 28.3 Å². The fourth-order valence-corrected chi connectivity index (χ4v) is 2.50. The van der Waals surface area contributed by atoms with E-state index < -0.39 is 0 Å². The number of hydrogen-bond acceptors (Lipinski definition) is 1. The van der Waals surface area contributed by atoms with Gasteiger partial charge in [0, 0.05) is 16.2 Å². The van der Waals surface area contributed by atoms with Crippen LogP contribution in [-0.2, 0) is 0 Å². The first-order valence-corrected chi connectivity index (χ1v) is 5.51. The summed E-state index contributed by atoms with van der Waals surface area (Å²) in [6.45, 7) is 3.28. The Bertz CT molecular complexity index is 296. The molecule has 1 heterocycles. The van der Waals surface area contributed by atoms with Crippen molar-refractivity contribution in [2.75, 3.05) is 11.9 Å².